The third-order valence-electron chi connectivity index (χ3n) is 3.36. The molecule has 1 heterocycles. The lowest BCUT2D eigenvalue weighted by atomic mass is 9.79. The largest absolute Gasteiger partial charge is 0.444 e. The molecule has 18 heavy (non-hydrogen) atoms. The smallest absolute Gasteiger partial charge is 0.410 e. The Balaban J connectivity index is 2.50. The second-order valence-corrected chi connectivity index (χ2v) is 6.16. The van der Waals surface area contributed by atoms with Crippen LogP contribution in [0.5, 0.6) is 0 Å². The molecule has 0 spiro atoms. The van der Waals surface area contributed by atoms with Gasteiger partial charge in [0, 0.05) is 25.0 Å². The Kier molecular flexibility index (Phi) is 4.99. The van der Waals surface area contributed by atoms with Gasteiger partial charge in [-0.2, -0.15) is 0 Å². The van der Waals surface area contributed by atoms with Gasteiger partial charge in [-0.3, -0.25) is 0 Å². The number of hydrogen-bond acceptors (Lipinski definition) is 4. The van der Waals surface area contributed by atoms with Gasteiger partial charge in [-0.15, -0.1) is 0 Å². The van der Waals surface area contributed by atoms with Gasteiger partial charge < -0.3 is 20.1 Å². The summed E-state index contributed by atoms with van der Waals surface area (Å²) in [4.78, 5) is 13.6. The number of nitrogens with zero attached hydrogens (tertiary/aromatic N) is 1. The van der Waals surface area contributed by atoms with Crippen LogP contribution in [0.15, 0.2) is 0 Å². The van der Waals surface area contributed by atoms with Gasteiger partial charge in [0.2, 0.25) is 0 Å². The van der Waals surface area contributed by atoms with E-state index in [1.807, 2.05) is 27.8 Å². The molecule has 106 valence electrons. The van der Waals surface area contributed by atoms with E-state index in [1.165, 1.54) is 0 Å². The van der Waals surface area contributed by atoms with Gasteiger partial charge >= 0.3 is 6.09 Å². The summed E-state index contributed by atoms with van der Waals surface area (Å²) in [5.41, 5.74) is -0.541. The van der Waals surface area contributed by atoms with Crippen LogP contribution in [-0.2, 0) is 4.74 Å². The van der Waals surface area contributed by atoms with E-state index in [0.717, 1.165) is 19.4 Å². The number of likely N-dealkylation sites (tertiary alicyclic amines) is 1. The van der Waals surface area contributed by atoms with E-state index in [-0.39, 0.29) is 18.1 Å². The molecule has 1 aliphatic rings. The summed E-state index contributed by atoms with van der Waals surface area (Å²) < 4.78 is 5.35. The normalized spacial score (nSPS) is 19.7. The number of aliphatic hydroxyl groups is 1. The minimum absolute atomic E-state index is 0.0900. The van der Waals surface area contributed by atoms with Gasteiger partial charge in [0.15, 0.2) is 0 Å². The molecular formula is C13H26N2O3. The van der Waals surface area contributed by atoms with Crippen LogP contribution >= 0.6 is 0 Å². The topological polar surface area (TPSA) is 61.8 Å². The van der Waals surface area contributed by atoms with Crippen LogP contribution in [0.4, 0.5) is 4.79 Å². The molecule has 0 radical (unpaired) electrons. The Bertz CT molecular complexity index is 278. The second kappa shape index (κ2) is 5.89. The Morgan fingerprint density at radius 3 is 2.33 bits per heavy atom. The van der Waals surface area contributed by atoms with Crippen molar-refractivity contribution in [2.75, 3.05) is 33.3 Å². The maximum Gasteiger partial charge on any atom is 0.410 e. The molecule has 2 N–H and O–H groups in total. The van der Waals surface area contributed by atoms with Crippen LogP contribution in [0.1, 0.15) is 33.6 Å². The first kappa shape index (κ1) is 15.2. The molecule has 0 aromatic rings. The van der Waals surface area contributed by atoms with Gasteiger partial charge in [-0.05, 0) is 40.7 Å². The van der Waals surface area contributed by atoms with Crippen molar-refractivity contribution in [2.45, 2.75) is 39.2 Å². The van der Waals surface area contributed by atoms with E-state index in [9.17, 15) is 9.90 Å². The average molecular weight is 258 g/mol. The van der Waals surface area contributed by atoms with Crippen LogP contribution in [-0.4, -0.2) is 55.0 Å². The number of ether oxygens (including phenoxy) is 1. The van der Waals surface area contributed by atoms with Crippen molar-refractivity contribution >= 4 is 6.09 Å². The summed E-state index contributed by atoms with van der Waals surface area (Å²) in [6, 6.07) is 0. The van der Waals surface area contributed by atoms with Gasteiger partial charge in [-0.1, -0.05) is 0 Å². The molecule has 5 heteroatoms. The Labute approximate surface area is 109 Å². The molecule has 1 rings (SSSR count). The quantitative estimate of drug-likeness (QED) is 0.799. The number of piperidine rings is 1. The molecule has 0 bridgehead atoms. The fourth-order valence-corrected chi connectivity index (χ4v) is 2.26. The average Bonchev–Trinajstić information content (AvgIpc) is 2.28. The zero-order chi connectivity index (χ0) is 13.8. The second-order valence-electron chi connectivity index (χ2n) is 6.16. The number of hydrogen-bond donors (Lipinski definition) is 2. The number of aliphatic hydroxyl groups excluding tert-OH is 1. The number of amides is 1. The van der Waals surface area contributed by atoms with Crippen molar-refractivity contribution in [1.82, 2.24) is 10.2 Å². The highest BCUT2D eigenvalue weighted by atomic mass is 16.6. The van der Waals surface area contributed by atoms with Crippen LogP contribution in [0, 0.1) is 5.41 Å². The zero-order valence-electron chi connectivity index (χ0n) is 12.0. The zero-order valence-corrected chi connectivity index (χ0v) is 12.0. The standard InChI is InChI=1S/C13H26N2O3/c1-12(2,3)18-11(17)15-7-5-13(10-16,6-8-15)9-14-4/h14,16H,5-10H2,1-4H3. The molecule has 0 aliphatic carbocycles. The lowest BCUT2D eigenvalue weighted by Gasteiger charge is -2.40. The van der Waals surface area contributed by atoms with Crippen molar-refractivity contribution in [2.24, 2.45) is 5.41 Å². The molecule has 1 saturated heterocycles. The third kappa shape index (κ3) is 4.14. The summed E-state index contributed by atoms with van der Waals surface area (Å²) >= 11 is 0. The first-order chi connectivity index (χ1) is 8.32. The molecule has 1 fully saturated rings. The molecule has 0 aromatic carbocycles. The number of rotatable bonds is 3. The first-order valence-electron chi connectivity index (χ1n) is 6.55. The third-order valence-corrected chi connectivity index (χ3v) is 3.36. The lowest BCUT2D eigenvalue weighted by Crippen LogP contribution is -2.49. The van der Waals surface area contributed by atoms with Crippen molar-refractivity contribution in [3.8, 4) is 0 Å². The predicted octanol–water partition coefficient (Wildman–Crippen LogP) is 1.22. The fraction of sp³-hybridized carbons (Fsp3) is 0.923. The molecule has 1 aliphatic heterocycles. The molecule has 0 aromatic heterocycles. The van der Waals surface area contributed by atoms with Crippen molar-refractivity contribution < 1.29 is 14.6 Å². The van der Waals surface area contributed by atoms with Crippen LogP contribution in [0.2, 0.25) is 0 Å². The van der Waals surface area contributed by atoms with Crippen molar-refractivity contribution in [3.63, 3.8) is 0 Å². The van der Waals surface area contributed by atoms with Gasteiger partial charge in [-0.25, -0.2) is 4.79 Å². The molecule has 0 atom stereocenters. The van der Waals surface area contributed by atoms with Crippen LogP contribution in [0.25, 0.3) is 0 Å². The van der Waals surface area contributed by atoms with E-state index in [2.05, 4.69) is 5.32 Å². The molecular weight excluding hydrogens is 232 g/mol. The van der Waals surface area contributed by atoms with Crippen LogP contribution in [0.3, 0.4) is 0 Å². The molecule has 0 unspecified atom stereocenters. The molecule has 5 nitrogen and oxygen atoms in total. The fourth-order valence-electron chi connectivity index (χ4n) is 2.26. The SMILES string of the molecule is CNCC1(CO)CCN(C(=O)OC(C)(C)C)CC1. The van der Waals surface area contributed by atoms with Crippen molar-refractivity contribution in [3.05, 3.63) is 0 Å². The number of nitrogens with one attached hydrogen (secondary N) is 1. The van der Waals surface area contributed by atoms with Crippen LogP contribution < -0.4 is 5.32 Å². The highest BCUT2D eigenvalue weighted by molar-refractivity contribution is 5.68. The minimum Gasteiger partial charge on any atom is -0.444 e. The van der Waals surface area contributed by atoms with Gasteiger partial charge in [0.1, 0.15) is 5.60 Å². The minimum atomic E-state index is -0.451. The van der Waals surface area contributed by atoms with E-state index >= 15 is 0 Å². The molecule has 1 amide bonds. The number of carbonyl (C=O) groups is 1. The Hall–Kier alpha value is -0.810. The highest BCUT2D eigenvalue weighted by Gasteiger charge is 2.36. The summed E-state index contributed by atoms with van der Waals surface area (Å²) in [6.07, 6.45) is 1.37. The highest BCUT2D eigenvalue weighted by Crippen LogP contribution is 2.30. The van der Waals surface area contributed by atoms with Gasteiger partial charge in [0.25, 0.3) is 0 Å². The van der Waals surface area contributed by atoms with E-state index in [1.54, 1.807) is 4.90 Å². The monoisotopic (exact) mass is 258 g/mol. The Morgan fingerprint density at radius 1 is 1.39 bits per heavy atom. The van der Waals surface area contributed by atoms with E-state index < -0.39 is 5.60 Å². The van der Waals surface area contributed by atoms with E-state index in [4.69, 9.17) is 4.74 Å². The summed E-state index contributed by atoms with van der Waals surface area (Å²) in [5.74, 6) is 0. The van der Waals surface area contributed by atoms with E-state index in [0.29, 0.717) is 13.1 Å². The predicted molar refractivity (Wildman–Crippen MR) is 70.5 cm³/mol. The number of carbonyl (C=O) groups excluding carboxylic acids is 1. The van der Waals surface area contributed by atoms with Gasteiger partial charge in [0.05, 0.1) is 6.61 Å². The summed E-state index contributed by atoms with van der Waals surface area (Å²) in [7, 11) is 1.89. The first-order valence-corrected chi connectivity index (χ1v) is 6.55. The Morgan fingerprint density at radius 2 is 1.94 bits per heavy atom. The maximum atomic E-state index is 11.9. The van der Waals surface area contributed by atoms with Crippen molar-refractivity contribution in [1.29, 1.82) is 0 Å². The molecule has 0 saturated carbocycles. The maximum absolute atomic E-state index is 11.9. The lowest BCUT2D eigenvalue weighted by molar-refractivity contribution is 0.000347. The summed E-state index contributed by atoms with van der Waals surface area (Å²) in [6.45, 7) is 7.85. The summed E-state index contributed by atoms with van der Waals surface area (Å²) in [5, 5.41) is 12.6.